The summed E-state index contributed by atoms with van der Waals surface area (Å²) in [6.07, 6.45) is -3.43. The number of halogens is 5. The maximum Gasteiger partial charge on any atom is 0.416 e. The average Bonchev–Trinajstić information content (AvgIpc) is 2.70. The van der Waals surface area contributed by atoms with Crippen LogP contribution in [0.3, 0.4) is 0 Å². The van der Waals surface area contributed by atoms with Crippen molar-refractivity contribution in [1.29, 1.82) is 0 Å². The van der Waals surface area contributed by atoms with Crippen molar-refractivity contribution in [3.8, 4) is 0 Å². The molecule has 0 radical (unpaired) electrons. The van der Waals surface area contributed by atoms with Crippen LogP contribution >= 0.6 is 22.6 Å². The third kappa shape index (κ3) is 6.70. The van der Waals surface area contributed by atoms with Crippen LogP contribution in [0.2, 0.25) is 0 Å². The van der Waals surface area contributed by atoms with Crippen molar-refractivity contribution in [3.05, 3.63) is 71.0 Å². The zero-order chi connectivity index (χ0) is 20.6. The molecule has 1 saturated heterocycles. The highest BCUT2D eigenvalue weighted by Gasteiger charge is 2.30. The van der Waals surface area contributed by atoms with Gasteiger partial charge in [-0.05, 0) is 59.2 Å². The Hall–Kier alpha value is -1.19. The molecule has 0 spiro atoms. The Balaban J connectivity index is 0.00000136. The topological polar surface area (TPSA) is 21.3 Å². The summed E-state index contributed by atoms with van der Waals surface area (Å²) in [5.74, 6) is 0.179. The van der Waals surface area contributed by atoms with Gasteiger partial charge in [0.15, 0.2) is 0 Å². The highest BCUT2D eigenvalue weighted by atomic mass is 127. The van der Waals surface area contributed by atoms with E-state index in [0.717, 1.165) is 37.2 Å². The molecule has 1 fully saturated rings. The number of hydrogen-bond acceptors (Lipinski definition) is 2. The summed E-state index contributed by atoms with van der Waals surface area (Å²) >= 11 is 2.15. The number of ether oxygens (including phenoxy) is 1. The Morgan fingerprint density at radius 3 is 2.50 bits per heavy atom. The standard InChI is InChI=1S/C20H21F4NO.CH3I/c21-18-6-4-15(5-7-18)19-8-9-25-11-16(19)13-26-12-14-2-1-3-17(10-14)20(22,23)24;1-2/h1-7,10,16,19,25H,8-9,11-13H2;1H3/t16-,19-;/m0./s1. The van der Waals surface area contributed by atoms with Gasteiger partial charge in [-0.25, -0.2) is 4.39 Å². The number of hydrogen-bond donors (Lipinski definition) is 1. The fourth-order valence-corrected chi connectivity index (χ4v) is 3.41. The van der Waals surface area contributed by atoms with E-state index in [1.54, 1.807) is 18.2 Å². The van der Waals surface area contributed by atoms with Crippen LogP contribution in [0.5, 0.6) is 0 Å². The van der Waals surface area contributed by atoms with Gasteiger partial charge in [0.1, 0.15) is 5.82 Å². The van der Waals surface area contributed by atoms with E-state index >= 15 is 0 Å². The Bertz CT molecular complexity index is 721. The van der Waals surface area contributed by atoms with Crippen molar-refractivity contribution in [2.75, 3.05) is 24.6 Å². The highest BCUT2D eigenvalue weighted by Crippen LogP contribution is 2.32. The van der Waals surface area contributed by atoms with E-state index in [-0.39, 0.29) is 24.3 Å². The predicted octanol–water partition coefficient (Wildman–Crippen LogP) is 5.81. The Labute approximate surface area is 176 Å². The molecule has 0 amide bonds. The lowest BCUT2D eigenvalue weighted by Gasteiger charge is -2.32. The number of rotatable bonds is 5. The monoisotopic (exact) mass is 509 g/mol. The minimum atomic E-state index is -4.35. The maximum atomic E-state index is 13.1. The van der Waals surface area contributed by atoms with E-state index in [1.807, 2.05) is 4.93 Å². The lowest BCUT2D eigenvalue weighted by atomic mass is 9.81. The Morgan fingerprint density at radius 1 is 1.11 bits per heavy atom. The molecular weight excluding hydrogens is 485 g/mol. The van der Waals surface area contributed by atoms with Gasteiger partial charge in [-0.3, -0.25) is 0 Å². The number of nitrogens with one attached hydrogen (secondary N) is 1. The first-order valence-corrected chi connectivity index (χ1v) is 11.2. The SMILES string of the molecule is CI.Fc1ccc([C@@H]2CCNC[C@H]2COCc2cccc(C(F)(F)F)c2)cc1. The molecule has 2 aromatic rings. The van der Waals surface area contributed by atoms with Crippen molar-refractivity contribution in [2.45, 2.75) is 25.1 Å². The van der Waals surface area contributed by atoms with Gasteiger partial charge in [0.05, 0.1) is 18.8 Å². The number of benzene rings is 2. The molecule has 1 aliphatic heterocycles. The Kier molecular flexibility index (Phi) is 9.17. The van der Waals surface area contributed by atoms with Crippen molar-refractivity contribution >= 4 is 22.6 Å². The van der Waals surface area contributed by atoms with Crippen LogP contribution < -0.4 is 5.32 Å². The van der Waals surface area contributed by atoms with Crippen LogP contribution in [0.4, 0.5) is 17.6 Å². The molecule has 0 aliphatic carbocycles. The number of piperidine rings is 1. The molecule has 28 heavy (non-hydrogen) atoms. The Morgan fingerprint density at radius 2 is 1.82 bits per heavy atom. The van der Waals surface area contributed by atoms with Crippen LogP contribution in [0.1, 0.15) is 29.0 Å². The van der Waals surface area contributed by atoms with E-state index in [0.29, 0.717) is 12.2 Å². The van der Waals surface area contributed by atoms with E-state index in [1.165, 1.54) is 18.2 Å². The molecule has 0 unspecified atom stereocenters. The van der Waals surface area contributed by atoms with Gasteiger partial charge in [0, 0.05) is 12.5 Å². The quantitative estimate of drug-likeness (QED) is 0.313. The minimum Gasteiger partial charge on any atom is -0.376 e. The fraction of sp³-hybridized carbons (Fsp3) is 0.429. The molecule has 3 rings (SSSR count). The summed E-state index contributed by atoms with van der Waals surface area (Å²) in [7, 11) is 0. The summed E-state index contributed by atoms with van der Waals surface area (Å²) in [6, 6.07) is 11.7. The fourth-order valence-electron chi connectivity index (χ4n) is 3.41. The second-order valence-corrected chi connectivity index (χ2v) is 6.62. The summed E-state index contributed by atoms with van der Waals surface area (Å²) < 4.78 is 57.2. The van der Waals surface area contributed by atoms with Gasteiger partial charge >= 0.3 is 6.18 Å². The summed E-state index contributed by atoms with van der Waals surface area (Å²) in [5.41, 5.74) is 0.907. The molecule has 0 saturated carbocycles. The van der Waals surface area contributed by atoms with Crippen molar-refractivity contribution in [1.82, 2.24) is 5.32 Å². The second-order valence-electron chi connectivity index (χ2n) is 6.62. The molecule has 154 valence electrons. The summed E-state index contributed by atoms with van der Waals surface area (Å²) in [4.78, 5) is 1.97. The third-order valence-corrected chi connectivity index (χ3v) is 4.76. The van der Waals surface area contributed by atoms with Crippen molar-refractivity contribution in [2.24, 2.45) is 5.92 Å². The summed E-state index contributed by atoms with van der Waals surface area (Å²) in [6.45, 7) is 2.22. The zero-order valence-electron chi connectivity index (χ0n) is 15.6. The molecule has 7 heteroatoms. The first-order chi connectivity index (χ1) is 13.4. The van der Waals surface area contributed by atoms with Crippen LogP contribution in [0.15, 0.2) is 48.5 Å². The number of alkyl halides is 4. The van der Waals surface area contributed by atoms with Crippen LogP contribution in [0.25, 0.3) is 0 Å². The molecule has 0 aromatic heterocycles. The second kappa shape index (κ2) is 11.1. The average molecular weight is 509 g/mol. The van der Waals surface area contributed by atoms with Crippen LogP contribution in [-0.2, 0) is 17.5 Å². The van der Waals surface area contributed by atoms with Gasteiger partial charge in [-0.15, -0.1) is 0 Å². The summed E-state index contributed by atoms with van der Waals surface area (Å²) in [5, 5.41) is 3.32. The molecule has 1 heterocycles. The van der Waals surface area contributed by atoms with Crippen LogP contribution in [0, 0.1) is 11.7 Å². The van der Waals surface area contributed by atoms with E-state index in [9.17, 15) is 17.6 Å². The van der Waals surface area contributed by atoms with Crippen LogP contribution in [-0.4, -0.2) is 24.6 Å². The smallest absolute Gasteiger partial charge is 0.376 e. The molecule has 1 N–H and O–H groups in total. The van der Waals surface area contributed by atoms with Gasteiger partial charge in [-0.1, -0.05) is 46.9 Å². The molecule has 2 aromatic carbocycles. The van der Waals surface area contributed by atoms with Gasteiger partial charge in [-0.2, -0.15) is 13.2 Å². The predicted molar refractivity (Wildman–Crippen MR) is 111 cm³/mol. The van der Waals surface area contributed by atoms with Gasteiger partial charge < -0.3 is 10.1 Å². The molecule has 2 atom stereocenters. The first kappa shape index (κ1) is 23.1. The lowest BCUT2D eigenvalue weighted by molar-refractivity contribution is -0.137. The van der Waals surface area contributed by atoms with E-state index in [2.05, 4.69) is 27.9 Å². The van der Waals surface area contributed by atoms with Crippen molar-refractivity contribution < 1.29 is 22.3 Å². The lowest BCUT2D eigenvalue weighted by Crippen LogP contribution is -2.37. The third-order valence-electron chi connectivity index (χ3n) is 4.76. The normalized spacial score (nSPS) is 19.6. The van der Waals surface area contributed by atoms with Gasteiger partial charge in [0.25, 0.3) is 0 Å². The minimum absolute atomic E-state index is 0.135. The van der Waals surface area contributed by atoms with Gasteiger partial charge in [0.2, 0.25) is 0 Å². The molecule has 2 nitrogen and oxygen atoms in total. The zero-order valence-corrected chi connectivity index (χ0v) is 17.8. The van der Waals surface area contributed by atoms with E-state index < -0.39 is 11.7 Å². The van der Waals surface area contributed by atoms with Crippen molar-refractivity contribution in [3.63, 3.8) is 0 Å². The molecular formula is C21H24F4INO. The van der Waals surface area contributed by atoms with E-state index in [4.69, 9.17) is 4.74 Å². The highest BCUT2D eigenvalue weighted by molar-refractivity contribution is 14.1. The largest absolute Gasteiger partial charge is 0.416 e. The first-order valence-electron chi connectivity index (χ1n) is 9.01. The molecule has 1 aliphatic rings. The maximum absolute atomic E-state index is 13.1. The molecule has 0 bridgehead atoms.